The van der Waals surface area contributed by atoms with Crippen LogP contribution in [0.4, 0.5) is 0 Å². The monoisotopic (exact) mass is 265 g/mol. The summed E-state index contributed by atoms with van der Waals surface area (Å²) in [7, 11) is 1.71. The molecule has 18 heavy (non-hydrogen) atoms. The molecule has 0 saturated carbocycles. The first-order chi connectivity index (χ1) is 8.45. The third kappa shape index (κ3) is 4.75. The number of rotatable bonds is 5. The molecule has 0 amide bonds. The lowest BCUT2D eigenvalue weighted by molar-refractivity contribution is 0.196. The van der Waals surface area contributed by atoms with Crippen LogP contribution in [0, 0.1) is 0 Å². The van der Waals surface area contributed by atoms with E-state index < -0.39 is 0 Å². The molecule has 0 aliphatic carbocycles. The SMILES string of the molecule is COCCCNC(=S)c1ccc(C(C)(C)C)cc1. The van der Waals surface area contributed by atoms with Crippen molar-refractivity contribution >= 4 is 17.2 Å². The predicted octanol–water partition coefficient (Wildman–Crippen LogP) is 3.29. The molecule has 0 radical (unpaired) electrons. The van der Waals surface area contributed by atoms with Crippen LogP contribution in [0.1, 0.15) is 38.3 Å². The molecule has 1 N–H and O–H groups in total. The number of hydrogen-bond donors (Lipinski definition) is 1. The van der Waals surface area contributed by atoms with E-state index in [1.807, 2.05) is 0 Å². The maximum absolute atomic E-state index is 5.35. The van der Waals surface area contributed by atoms with Crippen LogP contribution in [-0.4, -0.2) is 25.2 Å². The summed E-state index contributed by atoms with van der Waals surface area (Å²) < 4.78 is 5.00. The lowest BCUT2D eigenvalue weighted by Crippen LogP contribution is -2.24. The molecule has 0 fully saturated rings. The van der Waals surface area contributed by atoms with Gasteiger partial charge in [-0.25, -0.2) is 0 Å². The molecule has 0 aromatic heterocycles. The summed E-state index contributed by atoms with van der Waals surface area (Å²) in [6, 6.07) is 8.48. The molecular weight excluding hydrogens is 242 g/mol. The predicted molar refractivity (Wildman–Crippen MR) is 81.3 cm³/mol. The molecule has 2 nitrogen and oxygen atoms in total. The first-order valence-electron chi connectivity index (χ1n) is 6.33. The topological polar surface area (TPSA) is 21.3 Å². The summed E-state index contributed by atoms with van der Waals surface area (Å²) in [6.45, 7) is 8.25. The van der Waals surface area contributed by atoms with Crippen LogP contribution in [0.5, 0.6) is 0 Å². The lowest BCUT2D eigenvalue weighted by Gasteiger charge is -2.19. The molecule has 0 heterocycles. The first-order valence-corrected chi connectivity index (χ1v) is 6.73. The average molecular weight is 265 g/mol. The summed E-state index contributed by atoms with van der Waals surface area (Å²) in [6.07, 6.45) is 0.969. The molecule has 0 bridgehead atoms. The van der Waals surface area contributed by atoms with Gasteiger partial charge >= 0.3 is 0 Å². The van der Waals surface area contributed by atoms with Gasteiger partial charge in [0.25, 0.3) is 0 Å². The largest absolute Gasteiger partial charge is 0.385 e. The van der Waals surface area contributed by atoms with Crippen LogP contribution in [-0.2, 0) is 10.2 Å². The highest BCUT2D eigenvalue weighted by Gasteiger charge is 2.13. The van der Waals surface area contributed by atoms with Crippen LogP contribution in [0.25, 0.3) is 0 Å². The third-order valence-corrected chi connectivity index (χ3v) is 3.20. The highest BCUT2D eigenvalue weighted by atomic mass is 32.1. The second-order valence-electron chi connectivity index (χ2n) is 5.43. The van der Waals surface area contributed by atoms with Crippen molar-refractivity contribution in [1.82, 2.24) is 5.32 Å². The Morgan fingerprint density at radius 1 is 1.22 bits per heavy atom. The van der Waals surface area contributed by atoms with Crippen molar-refractivity contribution in [3.8, 4) is 0 Å². The Morgan fingerprint density at radius 2 is 1.83 bits per heavy atom. The third-order valence-electron chi connectivity index (χ3n) is 2.82. The summed E-state index contributed by atoms with van der Waals surface area (Å²) in [5.74, 6) is 0. The van der Waals surface area contributed by atoms with Gasteiger partial charge in [0.1, 0.15) is 4.99 Å². The highest BCUT2D eigenvalue weighted by Crippen LogP contribution is 2.22. The smallest absolute Gasteiger partial charge is 0.106 e. The summed E-state index contributed by atoms with van der Waals surface area (Å²) >= 11 is 5.35. The fourth-order valence-corrected chi connectivity index (χ4v) is 1.88. The molecule has 0 aliphatic heterocycles. The fourth-order valence-electron chi connectivity index (χ4n) is 1.64. The van der Waals surface area contributed by atoms with E-state index in [1.165, 1.54) is 5.56 Å². The van der Waals surface area contributed by atoms with E-state index >= 15 is 0 Å². The van der Waals surface area contributed by atoms with Gasteiger partial charge in [-0.15, -0.1) is 0 Å². The van der Waals surface area contributed by atoms with Gasteiger partial charge in [0.2, 0.25) is 0 Å². The number of methoxy groups -OCH3 is 1. The number of hydrogen-bond acceptors (Lipinski definition) is 2. The molecule has 1 aromatic carbocycles. The second kappa shape index (κ2) is 6.86. The number of thiocarbonyl (C=S) groups is 1. The van der Waals surface area contributed by atoms with Crippen LogP contribution < -0.4 is 5.32 Å². The van der Waals surface area contributed by atoms with Crippen molar-refractivity contribution in [2.24, 2.45) is 0 Å². The van der Waals surface area contributed by atoms with E-state index in [0.29, 0.717) is 0 Å². The first kappa shape index (κ1) is 15.1. The zero-order valence-corrected chi connectivity index (χ0v) is 12.6. The van der Waals surface area contributed by atoms with Gasteiger partial charge < -0.3 is 10.1 Å². The average Bonchev–Trinajstić information content (AvgIpc) is 2.33. The lowest BCUT2D eigenvalue weighted by atomic mass is 9.87. The van der Waals surface area contributed by atoms with E-state index in [0.717, 1.165) is 30.1 Å². The maximum Gasteiger partial charge on any atom is 0.106 e. The minimum atomic E-state index is 0.187. The van der Waals surface area contributed by atoms with Crippen LogP contribution in [0.2, 0.25) is 0 Å². The van der Waals surface area contributed by atoms with E-state index in [4.69, 9.17) is 17.0 Å². The Morgan fingerprint density at radius 3 is 2.33 bits per heavy atom. The minimum Gasteiger partial charge on any atom is -0.385 e. The Labute approximate surface area is 116 Å². The Bertz CT molecular complexity index is 378. The van der Waals surface area contributed by atoms with E-state index in [9.17, 15) is 0 Å². The molecule has 100 valence electrons. The molecule has 1 aromatic rings. The second-order valence-corrected chi connectivity index (χ2v) is 5.84. The summed E-state index contributed by atoms with van der Waals surface area (Å²) in [5.41, 5.74) is 2.59. The molecule has 1 rings (SSSR count). The van der Waals surface area contributed by atoms with Gasteiger partial charge in [0.05, 0.1) is 0 Å². The molecular formula is C15H23NOS. The number of nitrogens with one attached hydrogen (secondary N) is 1. The van der Waals surface area contributed by atoms with Gasteiger partial charge in [0.15, 0.2) is 0 Å². The highest BCUT2D eigenvalue weighted by molar-refractivity contribution is 7.80. The van der Waals surface area contributed by atoms with Crippen LogP contribution in [0.3, 0.4) is 0 Å². The van der Waals surface area contributed by atoms with Crippen LogP contribution >= 0.6 is 12.2 Å². The van der Waals surface area contributed by atoms with Gasteiger partial charge in [-0.3, -0.25) is 0 Å². The van der Waals surface area contributed by atoms with E-state index in [-0.39, 0.29) is 5.41 Å². The minimum absolute atomic E-state index is 0.187. The summed E-state index contributed by atoms with van der Waals surface area (Å²) in [4.78, 5) is 0.812. The van der Waals surface area contributed by atoms with Crippen molar-refractivity contribution in [3.63, 3.8) is 0 Å². The Balaban J connectivity index is 2.54. The molecule has 0 unspecified atom stereocenters. The molecule has 0 spiro atoms. The van der Waals surface area contributed by atoms with Crippen LogP contribution in [0.15, 0.2) is 24.3 Å². The normalized spacial score (nSPS) is 11.3. The van der Waals surface area contributed by atoms with Gasteiger partial charge in [-0.05, 0) is 17.4 Å². The van der Waals surface area contributed by atoms with Crippen molar-refractivity contribution < 1.29 is 4.74 Å². The van der Waals surface area contributed by atoms with Gasteiger partial charge in [-0.2, -0.15) is 0 Å². The van der Waals surface area contributed by atoms with Crippen molar-refractivity contribution in [2.45, 2.75) is 32.6 Å². The van der Waals surface area contributed by atoms with E-state index in [2.05, 4.69) is 50.4 Å². The molecule has 0 aliphatic rings. The number of benzene rings is 1. The molecule has 3 heteroatoms. The van der Waals surface area contributed by atoms with Crippen molar-refractivity contribution in [2.75, 3.05) is 20.3 Å². The van der Waals surface area contributed by atoms with Gasteiger partial charge in [0, 0.05) is 25.8 Å². The molecule has 0 atom stereocenters. The van der Waals surface area contributed by atoms with Gasteiger partial charge in [-0.1, -0.05) is 57.3 Å². The Hall–Kier alpha value is -0.930. The fraction of sp³-hybridized carbons (Fsp3) is 0.533. The zero-order chi connectivity index (χ0) is 13.6. The standard InChI is InChI=1S/C15H23NOS/c1-15(2,3)13-8-6-12(7-9-13)14(18)16-10-5-11-17-4/h6-9H,5,10-11H2,1-4H3,(H,16,18). The summed E-state index contributed by atoms with van der Waals surface area (Å²) in [5, 5.41) is 3.24. The van der Waals surface area contributed by atoms with E-state index in [1.54, 1.807) is 7.11 Å². The molecule has 0 saturated heterocycles. The number of ether oxygens (including phenoxy) is 1. The van der Waals surface area contributed by atoms with Crippen molar-refractivity contribution in [3.05, 3.63) is 35.4 Å². The Kier molecular flexibility index (Phi) is 5.76. The maximum atomic E-state index is 5.35. The van der Waals surface area contributed by atoms with Crippen molar-refractivity contribution in [1.29, 1.82) is 0 Å². The quantitative estimate of drug-likeness (QED) is 0.652. The zero-order valence-electron chi connectivity index (χ0n) is 11.7.